The van der Waals surface area contributed by atoms with Gasteiger partial charge in [-0.3, -0.25) is 9.59 Å². The lowest BCUT2D eigenvalue weighted by molar-refractivity contribution is -0.142. The van der Waals surface area contributed by atoms with Gasteiger partial charge < -0.3 is 15.0 Å². The van der Waals surface area contributed by atoms with Crippen molar-refractivity contribution < 1.29 is 14.3 Å². The molecule has 0 radical (unpaired) electrons. The smallest absolute Gasteiger partial charge is 0.247 e. The quantitative estimate of drug-likeness (QED) is 0.301. The zero-order chi connectivity index (χ0) is 28.0. The minimum absolute atomic E-state index is 0.0363. The van der Waals surface area contributed by atoms with Crippen molar-refractivity contribution in [1.29, 1.82) is 0 Å². The Balaban J connectivity index is 1.74. The molecule has 204 valence electrons. The Morgan fingerprint density at radius 1 is 1.03 bits per heavy atom. The SMILES string of the molecule is CCC(C)(C)NC(=O)[C@H](c1ccc(OC)cc1)N(CCc1ccccc1C)C(=O)Cn1nnc2ccccc21. The fourth-order valence-corrected chi connectivity index (χ4v) is 4.53. The maximum atomic E-state index is 14.1. The van der Waals surface area contributed by atoms with Crippen LogP contribution in [0.5, 0.6) is 5.75 Å². The van der Waals surface area contributed by atoms with Crippen LogP contribution in [0.3, 0.4) is 0 Å². The number of rotatable bonds is 11. The maximum absolute atomic E-state index is 14.1. The molecule has 8 nitrogen and oxygen atoms in total. The predicted molar refractivity (Wildman–Crippen MR) is 152 cm³/mol. The van der Waals surface area contributed by atoms with Crippen LogP contribution >= 0.6 is 0 Å². The molecule has 0 saturated carbocycles. The molecule has 1 heterocycles. The lowest BCUT2D eigenvalue weighted by Crippen LogP contribution is -2.51. The molecule has 1 aromatic heterocycles. The standard InChI is InChI=1S/C31H37N5O3/c1-6-31(3,4)32-30(38)29(24-15-17-25(39-5)18-16-24)35(20-19-23-12-8-7-11-22(23)2)28(37)21-36-27-14-10-9-13-26(27)33-34-36/h7-18,29H,6,19-21H2,1-5H3,(H,32,38)/t29-/m0/s1. The predicted octanol–water partition coefficient (Wildman–Crippen LogP) is 4.87. The number of aromatic nitrogens is 3. The van der Waals surface area contributed by atoms with Gasteiger partial charge in [-0.1, -0.05) is 60.7 Å². The normalized spacial score (nSPS) is 12.2. The highest BCUT2D eigenvalue weighted by atomic mass is 16.5. The highest BCUT2D eigenvalue weighted by molar-refractivity contribution is 5.89. The van der Waals surface area contributed by atoms with E-state index in [0.29, 0.717) is 29.8 Å². The Morgan fingerprint density at radius 2 is 1.72 bits per heavy atom. The highest BCUT2D eigenvalue weighted by Crippen LogP contribution is 2.27. The number of methoxy groups -OCH3 is 1. The summed E-state index contributed by atoms with van der Waals surface area (Å²) in [5.74, 6) is 0.233. The van der Waals surface area contributed by atoms with E-state index >= 15 is 0 Å². The molecule has 0 fully saturated rings. The molecule has 0 aliphatic heterocycles. The van der Waals surface area contributed by atoms with Crippen LogP contribution in [0.25, 0.3) is 11.0 Å². The van der Waals surface area contributed by atoms with Crippen molar-refractivity contribution >= 4 is 22.8 Å². The van der Waals surface area contributed by atoms with E-state index in [-0.39, 0.29) is 18.4 Å². The zero-order valence-electron chi connectivity index (χ0n) is 23.3. The minimum atomic E-state index is -0.840. The van der Waals surface area contributed by atoms with E-state index in [9.17, 15) is 9.59 Å². The van der Waals surface area contributed by atoms with Gasteiger partial charge in [0.2, 0.25) is 11.8 Å². The van der Waals surface area contributed by atoms with Gasteiger partial charge >= 0.3 is 0 Å². The Labute approximate surface area is 230 Å². The first-order valence-electron chi connectivity index (χ1n) is 13.3. The van der Waals surface area contributed by atoms with Gasteiger partial charge in [0.1, 0.15) is 23.9 Å². The third-order valence-electron chi connectivity index (χ3n) is 7.25. The van der Waals surface area contributed by atoms with Gasteiger partial charge in [0.15, 0.2) is 0 Å². The van der Waals surface area contributed by atoms with Gasteiger partial charge in [-0.2, -0.15) is 0 Å². The molecule has 3 aromatic carbocycles. The third kappa shape index (κ3) is 6.63. The van der Waals surface area contributed by atoms with Crippen molar-refractivity contribution in [3.05, 3.63) is 89.5 Å². The largest absolute Gasteiger partial charge is 0.497 e. The van der Waals surface area contributed by atoms with Crippen molar-refractivity contribution in [1.82, 2.24) is 25.2 Å². The van der Waals surface area contributed by atoms with E-state index in [2.05, 4.69) is 34.7 Å². The first-order chi connectivity index (χ1) is 18.7. The Bertz CT molecular complexity index is 1430. The summed E-state index contributed by atoms with van der Waals surface area (Å²) in [5.41, 5.74) is 4.03. The number of carbonyl (C=O) groups excluding carboxylic acids is 2. The second kappa shape index (κ2) is 12.1. The fraction of sp³-hybridized carbons (Fsp3) is 0.355. The van der Waals surface area contributed by atoms with Crippen LogP contribution in [0.1, 0.15) is 49.9 Å². The number of fused-ring (bicyclic) bond motifs is 1. The van der Waals surface area contributed by atoms with E-state index in [1.807, 2.05) is 81.4 Å². The summed E-state index contributed by atoms with van der Waals surface area (Å²) in [6, 6.07) is 22.1. The molecular weight excluding hydrogens is 490 g/mol. The number of nitrogens with zero attached hydrogens (tertiary/aromatic N) is 4. The molecular formula is C31H37N5O3. The number of carbonyl (C=O) groups is 2. The lowest BCUT2D eigenvalue weighted by Gasteiger charge is -2.35. The molecule has 1 N–H and O–H groups in total. The number of ether oxygens (including phenoxy) is 1. The summed E-state index contributed by atoms with van der Waals surface area (Å²) in [5, 5.41) is 11.6. The first kappa shape index (κ1) is 27.8. The first-order valence-corrected chi connectivity index (χ1v) is 13.3. The van der Waals surface area contributed by atoms with Crippen molar-refractivity contribution in [2.24, 2.45) is 0 Å². The number of hydrogen-bond donors (Lipinski definition) is 1. The van der Waals surface area contributed by atoms with Crippen molar-refractivity contribution in [3.63, 3.8) is 0 Å². The van der Waals surface area contributed by atoms with Crippen LogP contribution in [0.4, 0.5) is 0 Å². The molecule has 0 saturated heterocycles. The summed E-state index contributed by atoms with van der Waals surface area (Å²) in [6.07, 6.45) is 1.35. The molecule has 0 aliphatic rings. The van der Waals surface area contributed by atoms with E-state index in [0.717, 1.165) is 23.1 Å². The van der Waals surface area contributed by atoms with Crippen LogP contribution < -0.4 is 10.1 Å². The topological polar surface area (TPSA) is 89.4 Å². The Morgan fingerprint density at radius 3 is 2.41 bits per heavy atom. The molecule has 1 atom stereocenters. The van der Waals surface area contributed by atoms with Crippen LogP contribution in [0, 0.1) is 6.92 Å². The van der Waals surface area contributed by atoms with Gasteiger partial charge in [0, 0.05) is 12.1 Å². The number of benzene rings is 3. The summed E-state index contributed by atoms with van der Waals surface area (Å²) < 4.78 is 6.94. The number of nitrogens with one attached hydrogen (secondary N) is 1. The molecule has 4 aromatic rings. The zero-order valence-corrected chi connectivity index (χ0v) is 23.3. The van der Waals surface area contributed by atoms with Crippen LogP contribution in [0.15, 0.2) is 72.8 Å². The monoisotopic (exact) mass is 527 g/mol. The highest BCUT2D eigenvalue weighted by Gasteiger charge is 2.34. The van der Waals surface area contributed by atoms with Crippen LogP contribution in [-0.4, -0.2) is 50.9 Å². The number of amides is 2. The van der Waals surface area contributed by atoms with Gasteiger partial charge in [-0.25, -0.2) is 4.68 Å². The molecule has 2 amide bonds. The molecule has 0 bridgehead atoms. The summed E-state index contributed by atoms with van der Waals surface area (Å²) in [6.45, 7) is 8.37. The average molecular weight is 528 g/mol. The molecule has 0 aliphatic carbocycles. The second-order valence-electron chi connectivity index (χ2n) is 10.4. The number of para-hydroxylation sites is 1. The van der Waals surface area contributed by atoms with E-state index < -0.39 is 11.6 Å². The van der Waals surface area contributed by atoms with E-state index in [1.54, 1.807) is 16.7 Å². The van der Waals surface area contributed by atoms with Gasteiger partial charge in [-0.15, -0.1) is 5.10 Å². The van der Waals surface area contributed by atoms with E-state index in [1.165, 1.54) is 0 Å². The maximum Gasteiger partial charge on any atom is 0.247 e. The molecule has 0 unspecified atom stereocenters. The van der Waals surface area contributed by atoms with Crippen molar-refractivity contribution in [2.75, 3.05) is 13.7 Å². The number of hydrogen-bond acceptors (Lipinski definition) is 5. The van der Waals surface area contributed by atoms with Gasteiger partial charge in [-0.05, 0) is 74.6 Å². The number of aryl methyl sites for hydroxylation is 1. The van der Waals surface area contributed by atoms with Crippen LogP contribution in [-0.2, 0) is 22.6 Å². The summed E-state index contributed by atoms with van der Waals surface area (Å²) in [7, 11) is 1.60. The molecule has 4 rings (SSSR count). The van der Waals surface area contributed by atoms with Gasteiger partial charge in [0.05, 0.1) is 12.6 Å². The molecule has 39 heavy (non-hydrogen) atoms. The summed E-state index contributed by atoms with van der Waals surface area (Å²) in [4.78, 5) is 29.7. The summed E-state index contributed by atoms with van der Waals surface area (Å²) >= 11 is 0. The van der Waals surface area contributed by atoms with Crippen molar-refractivity contribution in [3.8, 4) is 5.75 Å². The minimum Gasteiger partial charge on any atom is -0.497 e. The Hall–Kier alpha value is -4.20. The van der Waals surface area contributed by atoms with Gasteiger partial charge in [0.25, 0.3) is 0 Å². The fourth-order valence-electron chi connectivity index (χ4n) is 4.53. The lowest BCUT2D eigenvalue weighted by atomic mass is 9.98. The van der Waals surface area contributed by atoms with Crippen LogP contribution in [0.2, 0.25) is 0 Å². The average Bonchev–Trinajstić information content (AvgIpc) is 3.34. The second-order valence-corrected chi connectivity index (χ2v) is 10.4. The third-order valence-corrected chi connectivity index (χ3v) is 7.25. The molecule has 0 spiro atoms. The van der Waals surface area contributed by atoms with Crippen molar-refractivity contribution in [2.45, 2.75) is 58.7 Å². The molecule has 8 heteroatoms. The Kier molecular flexibility index (Phi) is 8.64. The van der Waals surface area contributed by atoms with E-state index in [4.69, 9.17) is 4.74 Å².